The summed E-state index contributed by atoms with van der Waals surface area (Å²) in [7, 11) is 0. The zero-order valence-corrected chi connectivity index (χ0v) is 15.2. The highest BCUT2D eigenvalue weighted by atomic mass is 16.5. The summed E-state index contributed by atoms with van der Waals surface area (Å²) in [5.41, 5.74) is 2.10. The van der Waals surface area contributed by atoms with Crippen molar-refractivity contribution in [1.82, 2.24) is 19.7 Å². The minimum atomic E-state index is -0.267. The van der Waals surface area contributed by atoms with E-state index in [4.69, 9.17) is 4.74 Å². The minimum absolute atomic E-state index is 0.0343. The van der Waals surface area contributed by atoms with Gasteiger partial charge in [0, 0.05) is 25.4 Å². The molecule has 7 nitrogen and oxygen atoms in total. The van der Waals surface area contributed by atoms with Crippen molar-refractivity contribution in [3.8, 4) is 0 Å². The molecule has 1 amide bonds. The van der Waals surface area contributed by atoms with Crippen LogP contribution in [0, 0.1) is 13.8 Å². The summed E-state index contributed by atoms with van der Waals surface area (Å²) in [6.45, 7) is 5.19. The van der Waals surface area contributed by atoms with Gasteiger partial charge in [-0.2, -0.15) is 5.10 Å². The molecular formula is C19H24N4O3. The molecule has 3 rings (SSSR count). The molecule has 0 bridgehead atoms. The summed E-state index contributed by atoms with van der Waals surface area (Å²) in [5, 5.41) is 4.24. The van der Waals surface area contributed by atoms with Gasteiger partial charge in [-0.05, 0) is 44.4 Å². The average molecular weight is 356 g/mol. The third-order valence-corrected chi connectivity index (χ3v) is 4.60. The van der Waals surface area contributed by atoms with Gasteiger partial charge in [-0.3, -0.25) is 14.6 Å². The molecule has 138 valence electrons. The molecule has 2 aromatic heterocycles. The number of rotatable bonds is 6. The number of hydrogen-bond acceptors (Lipinski definition) is 5. The highest BCUT2D eigenvalue weighted by Crippen LogP contribution is 2.15. The summed E-state index contributed by atoms with van der Waals surface area (Å²) < 4.78 is 6.91. The molecule has 0 saturated carbocycles. The lowest BCUT2D eigenvalue weighted by atomic mass is 10.2. The molecule has 1 fully saturated rings. The van der Waals surface area contributed by atoms with Gasteiger partial charge in [0.15, 0.2) is 0 Å². The first-order valence-electron chi connectivity index (χ1n) is 8.87. The SMILES string of the molecule is Cc1cc(=O)n(CC(=O)N(Cc2ccccn2)C[C@@H]2CCCO2)nc1C. The molecule has 0 aromatic carbocycles. The molecular weight excluding hydrogens is 332 g/mol. The van der Waals surface area contributed by atoms with Crippen molar-refractivity contribution in [2.45, 2.75) is 45.9 Å². The topological polar surface area (TPSA) is 77.3 Å². The van der Waals surface area contributed by atoms with Gasteiger partial charge in [-0.1, -0.05) is 6.07 Å². The van der Waals surface area contributed by atoms with Crippen LogP contribution in [-0.4, -0.2) is 44.8 Å². The Bertz CT molecular complexity index is 813. The first-order chi connectivity index (χ1) is 12.5. The second kappa shape index (κ2) is 8.23. The quantitative estimate of drug-likeness (QED) is 0.783. The third-order valence-electron chi connectivity index (χ3n) is 4.60. The molecule has 1 atom stereocenters. The Morgan fingerprint density at radius 2 is 2.23 bits per heavy atom. The fraction of sp³-hybridized carbons (Fsp3) is 0.474. The van der Waals surface area contributed by atoms with Crippen molar-refractivity contribution in [2.75, 3.05) is 13.2 Å². The maximum absolute atomic E-state index is 12.9. The maximum Gasteiger partial charge on any atom is 0.267 e. The van der Waals surface area contributed by atoms with Crippen LogP contribution in [0.4, 0.5) is 0 Å². The van der Waals surface area contributed by atoms with E-state index < -0.39 is 0 Å². The van der Waals surface area contributed by atoms with Gasteiger partial charge >= 0.3 is 0 Å². The van der Waals surface area contributed by atoms with Crippen LogP contribution in [0.25, 0.3) is 0 Å². The van der Waals surface area contributed by atoms with E-state index in [1.165, 1.54) is 10.7 Å². The molecule has 26 heavy (non-hydrogen) atoms. The molecule has 1 aliphatic heterocycles. The number of amides is 1. The Morgan fingerprint density at radius 1 is 1.38 bits per heavy atom. The summed E-state index contributed by atoms with van der Waals surface area (Å²) in [6, 6.07) is 7.13. The van der Waals surface area contributed by atoms with Crippen LogP contribution < -0.4 is 5.56 Å². The molecule has 3 heterocycles. The number of aromatic nitrogens is 3. The van der Waals surface area contributed by atoms with Gasteiger partial charge in [0.25, 0.3) is 5.56 Å². The van der Waals surface area contributed by atoms with E-state index >= 15 is 0 Å². The minimum Gasteiger partial charge on any atom is -0.376 e. The number of carbonyl (C=O) groups excluding carboxylic acids is 1. The van der Waals surface area contributed by atoms with E-state index in [-0.39, 0.29) is 24.1 Å². The summed E-state index contributed by atoms with van der Waals surface area (Å²) in [5.74, 6) is -0.163. The van der Waals surface area contributed by atoms with Crippen molar-refractivity contribution < 1.29 is 9.53 Å². The third kappa shape index (κ3) is 4.54. The maximum atomic E-state index is 12.9. The van der Waals surface area contributed by atoms with Crippen LogP contribution in [0.3, 0.4) is 0 Å². The lowest BCUT2D eigenvalue weighted by Crippen LogP contribution is -2.41. The lowest BCUT2D eigenvalue weighted by Gasteiger charge is -2.25. The Labute approximate surface area is 152 Å². The van der Waals surface area contributed by atoms with Crippen LogP contribution in [0.2, 0.25) is 0 Å². The number of hydrogen-bond donors (Lipinski definition) is 0. The molecule has 2 aromatic rings. The van der Waals surface area contributed by atoms with Crippen molar-refractivity contribution in [3.05, 3.63) is 57.8 Å². The van der Waals surface area contributed by atoms with Crippen LogP contribution in [0.1, 0.15) is 29.8 Å². The van der Waals surface area contributed by atoms with Gasteiger partial charge in [0.1, 0.15) is 6.54 Å². The Morgan fingerprint density at radius 3 is 2.92 bits per heavy atom. The Hall–Kier alpha value is -2.54. The molecule has 1 saturated heterocycles. The first-order valence-corrected chi connectivity index (χ1v) is 8.87. The van der Waals surface area contributed by atoms with Gasteiger partial charge in [-0.15, -0.1) is 0 Å². The smallest absolute Gasteiger partial charge is 0.267 e. The normalized spacial score (nSPS) is 16.6. The second-order valence-electron chi connectivity index (χ2n) is 6.64. The largest absolute Gasteiger partial charge is 0.376 e. The predicted octanol–water partition coefficient (Wildman–Crippen LogP) is 1.46. The predicted molar refractivity (Wildman–Crippen MR) is 96.6 cm³/mol. The number of aryl methyl sites for hydroxylation is 2. The van der Waals surface area contributed by atoms with Gasteiger partial charge in [0.05, 0.1) is 24.0 Å². The number of ether oxygens (including phenoxy) is 1. The van der Waals surface area contributed by atoms with Crippen LogP contribution in [-0.2, 0) is 22.6 Å². The summed E-state index contributed by atoms with van der Waals surface area (Å²) >= 11 is 0. The zero-order valence-electron chi connectivity index (χ0n) is 15.2. The molecule has 1 aliphatic rings. The lowest BCUT2D eigenvalue weighted by molar-refractivity contribution is -0.134. The first kappa shape index (κ1) is 18.3. The van der Waals surface area contributed by atoms with Gasteiger partial charge in [-0.25, -0.2) is 4.68 Å². The van der Waals surface area contributed by atoms with Gasteiger partial charge in [0.2, 0.25) is 5.91 Å². The fourth-order valence-corrected chi connectivity index (χ4v) is 2.99. The highest BCUT2D eigenvalue weighted by molar-refractivity contribution is 5.75. The monoisotopic (exact) mass is 356 g/mol. The summed E-state index contributed by atoms with van der Waals surface area (Å²) in [6.07, 6.45) is 3.69. The Balaban J connectivity index is 1.77. The van der Waals surface area contributed by atoms with E-state index in [1.807, 2.05) is 32.0 Å². The van der Waals surface area contributed by atoms with E-state index in [9.17, 15) is 9.59 Å². The molecule has 0 unspecified atom stereocenters. The highest BCUT2D eigenvalue weighted by Gasteiger charge is 2.23. The van der Waals surface area contributed by atoms with E-state index in [0.29, 0.717) is 13.1 Å². The number of carbonyl (C=O) groups is 1. The summed E-state index contributed by atoms with van der Waals surface area (Å²) in [4.78, 5) is 31.1. The van der Waals surface area contributed by atoms with Crippen molar-refractivity contribution in [1.29, 1.82) is 0 Å². The van der Waals surface area contributed by atoms with Crippen LogP contribution >= 0.6 is 0 Å². The molecule has 0 radical (unpaired) electrons. The average Bonchev–Trinajstić information content (AvgIpc) is 3.13. The number of pyridine rings is 1. The zero-order chi connectivity index (χ0) is 18.5. The fourth-order valence-electron chi connectivity index (χ4n) is 2.99. The van der Waals surface area contributed by atoms with Crippen LogP contribution in [0.15, 0.2) is 35.3 Å². The second-order valence-corrected chi connectivity index (χ2v) is 6.64. The number of nitrogens with zero attached hydrogens (tertiary/aromatic N) is 4. The van der Waals surface area contributed by atoms with Crippen molar-refractivity contribution in [3.63, 3.8) is 0 Å². The van der Waals surface area contributed by atoms with Crippen LogP contribution in [0.5, 0.6) is 0 Å². The van der Waals surface area contributed by atoms with E-state index in [2.05, 4.69) is 10.1 Å². The van der Waals surface area contributed by atoms with Crippen molar-refractivity contribution in [2.24, 2.45) is 0 Å². The van der Waals surface area contributed by atoms with E-state index in [1.54, 1.807) is 11.1 Å². The molecule has 0 N–H and O–H groups in total. The van der Waals surface area contributed by atoms with Gasteiger partial charge < -0.3 is 9.64 Å². The molecule has 0 spiro atoms. The van der Waals surface area contributed by atoms with Crippen molar-refractivity contribution >= 4 is 5.91 Å². The van der Waals surface area contributed by atoms with E-state index in [0.717, 1.165) is 36.4 Å². The Kier molecular flexibility index (Phi) is 5.78. The molecule has 7 heteroatoms. The standard InChI is InChI=1S/C19H24N4O3/c1-14-10-18(24)23(21-15(14)2)13-19(25)22(12-17-7-5-9-26-17)11-16-6-3-4-8-20-16/h3-4,6,8,10,17H,5,7,9,11-13H2,1-2H3/t17-/m0/s1. The molecule has 0 aliphatic carbocycles.